The number of methoxy groups -OCH3 is 1. The second-order valence-corrected chi connectivity index (χ2v) is 4.83. The molecule has 4 heteroatoms. The highest BCUT2D eigenvalue weighted by molar-refractivity contribution is 5.74. The highest BCUT2D eigenvalue weighted by atomic mass is 16.5. The van der Waals surface area contributed by atoms with Gasteiger partial charge in [-0.15, -0.1) is 0 Å². The second-order valence-electron chi connectivity index (χ2n) is 4.83. The van der Waals surface area contributed by atoms with Crippen molar-refractivity contribution in [1.29, 1.82) is 0 Å². The first-order chi connectivity index (χ1) is 9.15. The summed E-state index contributed by atoms with van der Waals surface area (Å²) in [7, 11) is 1.63. The molecular weight excluding hydrogens is 244 g/mol. The Labute approximate surface area is 113 Å². The van der Waals surface area contributed by atoms with Crippen LogP contribution in [0.4, 0.5) is 0 Å². The van der Waals surface area contributed by atoms with Gasteiger partial charge < -0.3 is 14.6 Å². The van der Waals surface area contributed by atoms with Gasteiger partial charge in [-0.3, -0.25) is 0 Å². The third-order valence-electron chi connectivity index (χ3n) is 3.65. The van der Waals surface area contributed by atoms with Crippen LogP contribution in [-0.4, -0.2) is 30.9 Å². The molecule has 0 spiro atoms. The Morgan fingerprint density at radius 3 is 2.95 bits per heavy atom. The smallest absolute Gasteiger partial charge is 0.335 e. The van der Waals surface area contributed by atoms with E-state index in [4.69, 9.17) is 9.47 Å². The van der Waals surface area contributed by atoms with Crippen LogP contribution in [-0.2, 0) is 22.4 Å². The molecule has 0 bridgehead atoms. The molecule has 0 heterocycles. The molecule has 0 saturated carbocycles. The van der Waals surface area contributed by atoms with Crippen molar-refractivity contribution in [2.24, 2.45) is 5.92 Å². The summed E-state index contributed by atoms with van der Waals surface area (Å²) in [5, 5.41) is 10.0. The Morgan fingerprint density at radius 1 is 1.47 bits per heavy atom. The van der Waals surface area contributed by atoms with E-state index in [0.717, 1.165) is 24.2 Å². The van der Waals surface area contributed by atoms with Gasteiger partial charge in [-0.2, -0.15) is 0 Å². The van der Waals surface area contributed by atoms with E-state index >= 15 is 0 Å². The van der Waals surface area contributed by atoms with Crippen molar-refractivity contribution in [3.05, 3.63) is 29.3 Å². The van der Waals surface area contributed by atoms with Crippen molar-refractivity contribution in [2.75, 3.05) is 13.7 Å². The lowest BCUT2D eigenvalue weighted by Gasteiger charge is -2.27. The van der Waals surface area contributed by atoms with Gasteiger partial charge in [0.1, 0.15) is 5.75 Å². The third kappa shape index (κ3) is 3.07. The minimum atomic E-state index is -1.03. The molecular formula is C15H20O4. The normalized spacial score (nSPS) is 19.4. The van der Waals surface area contributed by atoms with Crippen molar-refractivity contribution in [3.63, 3.8) is 0 Å². The number of esters is 1. The summed E-state index contributed by atoms with van der Waals surface area (Å²) in [5.74, 6) is 0.225. The zero-order valence-corrected chi connectivity index (χ0v) is 11.4. The third-order valence-corrected chi connectivity index (χ3v) is 3.65. The quantitative estimate of drug-likeness (QED) is 0.841. The molecule has 4 nitrogen and oxygen atoms in total. The second kappa shape index (κ2) is 6.06. The number of carbonyl (C=O) groups excluding carboxylic acids is 1. The molecule has 1 aromatic carbocycles. The van der Waals surface area contributed by atoms with Crippen LogP contribution in [0.15, 0.2) is 18.2 Å². The first-order valence-electron chi connectivity index (χ1n) is 6.66. The Bertz CT molecular complexity index is 455. The fraction of sp³-hybridized carbons (Fsp3) is 0.533. The van der Waals surface area contributed by atoms with Gasteiger partial charge in [0, 0.05) is 5.92 Å². The zero-order valence-electron chi connectivity index (χ0n) is 11.4. The minimum absolute atomic E-state index is 0.0707. The van der Waals surface area contributed by atoms with E-state index in [1.165, 1.54) is 5.56 Å². The standard InChI is InChI=1S/C15H20O4/c1-3-19-15(17)14(16)11-5-4-10-6-7-13(18-2)9-12(10)8-11/h6-7,9,11,14,16H,3-5,8H2,1-2H3. The number of aliphatic hydroxyl groups excluding tert-OH is 1. The maximum atomic E-state index is 11.6. The van der Waals surface area contributed by atoms with Gasteiger partial charge in [0.05, 0.1) is 13.7 Å². The van der Waals surface area contributed by atoms with Crippen LogP contribution in [0.25, 0.3) is 0 Å². The summed E-state index contributed by atoms with van der Waals surface area (Å²) in [6, 6.07) is 5.99. The number of fused-ring (bicyclic) bond motifs is 1. The predicted octanol–water partition coefficient (Wildman–Crippen LogP) is 1.72. The summed E-state index contributed by atoms with van der Waals surface area (Å²) in [6.07, 6.45) is 1.34. The molecule has 0 fully saturated rings. The maximum Gasteiger partial charge on any atom is 0.335 e. The van der Waals surface area contributed by atoms with Crippen molar-refractivity contribution in [1.82, 2.24) is 0 Å². The lowest BCUT2D eigenvalue weighted by molar-refractivity contribution is -0.156. The lowest BCUT2D eigenvalue weighted by Crippen LogP contribution is -2.34. The van der Waals surface area contributed by atoms with Gasteiger partial charge in [0.25, 0.3) is 0 Å². The number of carbonyl (C=O) groups is 1. The molecule has 19 heavy (non-hydrogen) atoms. The SMILES string of the molecule is CCOC(=O)C(O)C1CCc2ccc(OC)cc2C1. The van der Waals surface area contributed by atoms with Crippen molar-refractivity contribution >= 4 is 5.97 Å². The van der Waals surface area contributed by atoms with Gasteiger partial charge >= 0.3 is 5.97 Å². The monoisotopic (exact) mass is 264 g/mol. The number of rotatable bonds is 4. The van der Waals surface area contributed by atoms with E-state index in [2.05, 4.69) is 6.07 Å². The molecule has 0 radical (unpaired) electrons. The van der Waals surface area contributed by atoms with Crippen LogP contribution < -0.4 is 4.74 Å². The van der Waals surface area contributed by atoms with E-state index < -0.39 is 12.1 Å². The molecule has 1 aliphatic carbocycles. The first-order valence-corrected chi connectivity index (χ1v) is 6.66. The highest BCUT2D eigenvalue weighted by Gasteiger charge is 2.30. The van der Waals surface area contributed by atoms with E-state index in [9.17, 15) is 9.90 Å². The molecule has 0 aromatic heterocycles. The number of hydrogen-bond donors (Lipinski definition) is 1. The van der Waals surface area contributed by atoms with Crippen LogP contribution in [0.3, 0.4) is 0 Å². The fourth-order valence-electron chi connectivity index (χ4n) is 2.58. The molecule has 0 aliphatic heterocycles. The molecule has 1 N–H and O–H groups in total. The molecule has 1 aromatic rings. The van der Waals surface area contributed by atoms with Crippen molar-refractivity contribution in [3.8, 4) is 5.75 Å². The summed E-state index contributed by atoms with van der Waals surface area (Å²) in [6.45, 7) is 2.04. The Morgan fingerprint density at radius 2 is 2.26 bits per heavy atom. The average molecular weight is 264 g/mol. The lowest BCUT2D eigenvalue weighted by atomic mass is 9.81. The van der Waals surface area contributed by atoms with Crippen LogP contribution in [0, 0.1) is 5.92 Å². The Balaban J connectivity index is 2.10. The molecule has 2 atom stereocenters. The van der Waals surface area contributed by atoms with Gasteiger partial charge in [-0.25, -0.2) is 4.79 Å². The molecule has 104 valence electrons. The predicted molar refractivity (Wildman–Crippen MR) is 71.1 cm³/mol. The van der Waals surface area contributed by atoms with E-state index in [1.807, 2.05) is 12.1 Å². The maximum absolute atomic E-state index is 11.6. The number of aryl methyl sites for hydroxylation is 1. The van der Waals surface area contributed by atoms with Gasteiger partial charge in [-0.05, 0) is 49.4 Å². The Kier molecular flexibility index (Phi) is 4.43. The molecule has 1 aliphatic rings. The Hall–Kier alpha value is -1.55. The van der Waals surface area contributed by atoms with Gasteiger partial charge in [0.2, 0.25) is 0 Å². The summed E-state index contributed by atoms with van der Waals surface area (Å²) in [4.78, 5) is 11.6. The molecule has 2 rings (SSSR count). The van der Waals surface area contributed by atoms with E-state index in [-0.39, 0.29) is 5.92 Å². The molecule has 2 unspecified atom stereocenters. The van der Waals surface area contributed by atoms with E-state index in [1.54, 1.807) is 14.0 Å². The van der Waals surface area contributed by atoms with Crippen LogP contribution in [0.1, 0.15) is 24.5 Å². The largest absolute Gasteiger partial charge is 0.497 e. The van der Waals surface area contributed by atoms with Crippen LogP contribution >= 0.6 is 0 Å². The van der Waals surface area contributed by atoms with Crippen molar-refractivity contribution in [2.45, 2.75) is 32.3 Å². The summed E-state index contributed by atoms with van der Waals surface area (Å²) >= 11 is 0. The fourth-order valence-corrected chi connectivity index (χ4v) is 2.58. The van der Waals surface area contributed by atoms with Gasteiger partial charge in [0.15, 0.2) is 6.10 Å². The number of hydrogen-bond acceptors (Lipinski definition) is 4. The van der Waals surface area contributed by atoms with Crippen LogP contribution in [0.5, 0.6) is 5.75 Å². The zero-order chi connectivity index (χ0) is 13.8. The first kappa shape index (κ1) is 13.9. The summed E-state index contributed by atoms with van der Waals surface area (Å²) in [5.41, 5.74) is 2.42. The van der Waals surface area contributed by atoms with Crippen molar-refractivity contribution < 1.29 is 19.4 Å². The van der Waals surface area contributed by atoms with E-state index in [0.29, 0.717) is 13.0 Å². The highest BCUT2D eigenvalue weighted by Crippen LogP contribution is 2.30. The number of aliphatic hydroxyl groups is 1. The summed E-state index contributed by atoms with van der Waals surface area (Å²) < 4.78 is 10.1. The minimum Gasteiger partial charge on any atom is -0.497 e. The molecule has 0 saturated heterocycles. The topological polar surface area (TPSA) is 55.8 Å². The number of benzene rings is 1. The molecule has 0 amide bonds. The number of ether oxygens (including phenoxy) is 2. The van der Waals surface area contributed by atoms with Crippen LogP contribution in [0.2, 0.25) is 0 Å². The average Bonchev–Trinajstić information content (AvgIpc) is 2.45. The van der Waals surface area contributed by atoms with Gasteiger partial charge in [-0.1, -0.05) is 6.07 Å².